The van der Waals surface area contributed by atoms with Crippen LogP contribution in [0.15, 0.2) is 41.1 Å². The number of rotatable bonds is 3. The maximum atomic E-state index is 13.6. The van der Waals surface area contributed by atoms with Crippen LogP contribution in [0.5, 0.6) is 0 Å². The van der Waals surface area contributed by atoms with Crippen LogP contribution in [0, 0.1) is 12.7 Å². The van der Waals surface area contributed by atoms with Crippen LogP contribution >= 0.6 is 15.9 Å². The Hall–Kier alpha value is -1.26. The van der Waals surface area contributed by atoms with Crippen molar-refractivity contribution in [3.63, 3.8) is 0 Å². The van der Waals surface area contributed by atoms with Crippen molar-refractivity contribution in [2.24, 2.45) is 0 Å². The second kappa shape index (κ2) is 5.59. The molecule has 0 aliphatic rings. The smallest absolute Gasteiger partial charge is 0.126 e. The number of halogens is 2. The third-order valence-electron chi connectivity index (χ3n) is 2.88. The van der Waals surface area contributed by atoms with E-state index >= 15 is 0 Å². The van der Waals surface area contributed by atoms with E-state index in [1.807, 2.05) is 19.2 Å². The van der Waals surface area contributed by atoms with Crippen LogP contribution in [0.2, 0.25) is 0 Å². The Morgan fingerprint density at radius 1 is 1.22 bits per heavy atom. The van der Waals surface area contributed by atoms with E-state index in [0.29, 0.717) is 5.56 Å². The van der Waals surface area contributed by atoms with Gasteiger partial charge in [0.1, 0.15) is 5.82 Å². The monoisotopic (exact) mass is 308 g/mol. The molecule has 0 radical (unpaired) electrons. The lowest BCUT2D eigenvalue weighted by molar-refractivity contribution is 0.608. The Bertz CT molecular complexity index is 557. The molecule has 4 heteroatoms. The van der Waals surface area contributed by atoms with E-state index in [1.54, 1.807) is 31.5 Å². The van der Waals surface area contributed by atoms with E-state index in [9.17, 15) is 4.39 Å². The van der Waals surface area contributed by atoms with Gasteiger partial charge in [-0.15, -0.1) is 0 Å². The largest absolute Gasteiger partial charge is 0.309 e. The topological polar surface area (TPSA) is 24.9 Å². The van der Waals surface area contributed by atoms with Crippen LogP contribution in [-0.2, 0) is 0 Å². The Morgan fingerprint density at radius 2 is 2.00 bits per heavy atom. The molecule has 1 atom stereocenters. The molecule has 18 heavy (non-hydrogen) atoms. The van der Waals surface area contributed by atoms with Crippen LogP contribution in [0.4, 0.5) is 4.39 Å². The highest BCUT2D eigenvalue weighted by molar-refractivity contribution is 9.10. The van der Waals surface area contributed by atoms with Crippen LogP contribution in [0.1, 0.15) is 22.7 Å². The molecule has 0 fully saturated rings. The lowest BCUT2D eigenvalue weighted by Gasteiger charge is -2.17. The zero-order chi connectivity index (χ0) is 13.1. The summed E-state index contributed by atoms with van der Waals surface area (Å²) in [7, 11) is 1.85. The van der Waals surface area contributed by atoms with Crippen LogP contribution in [0.3, 0.4) is 0 Å². The lowest BCUT2D eigenvalue weighted by Crippen LogP contribution is -2.18. The number of benzene rings is 1. The molecule has 2 nitrogen and oxygen atoms in total. The second-order valence-electron chi connectivity index (χ2n) is 4.17. The molecule has 1 heterocycles. The molecular weight excluding hydrogens is 295 g/mol. The van der Waals surface area contributed by atoms with Gasteiger partial charge in [0.05, 0.1) is 6.04 Å². The first-order valence-electron chi connectivity index (χ1n) is 5.65. The fourth-order valence-electron chi connectivity index (χ4n) is 1.90. The molecular formula is C14H14BrFN2. The number of hydrogen-bond donors (Lipinski definition) is 1. The predicted molar refractivity (Wildman–Crippen MR) is 74.0 cm³/mol. The number of nitrogens with one attached hydrogen (secondary N) is 1. The van der Waals surface area contributed by atoms with Gasteiger partial charge in [-0.2, -0.15) is 0 Å². The Morgan fingerprint density at radius 3 is 2.61 bits per heavy atom. The number of aryl methyl sites for hydroxylation is 1. The van der Waals surface area contributed by atoms with Crippen molar-refractivity contribution in [1.82, 2.24) is 10.3 Å². The summed E-state index contributed by atoms with van der Waals surface area (Å²) in [4.78, 5) is 4.14. The standard InChI is InChI=1S/C14H14BrFN2/c1-9-3-4-10(6-13(9)16)14(17-2)11-5-12(15)8-18-7-11/h3-8,14,17H,1-2H3. The Balaban J connectivity index is 2.42. The fraction of sp³-hybridized carbons (Fsp3) is 0.214. The third-order valence-corrected chi connectivity index (χ3v) is 3.31. The Labute approximate surface area is 114 Å². The highest BCUT2D eigenvalue weighted by Crippen LogP contribution is 2.24. The maximum Gasteiger partial charge on any atom is 0.126 e. The van der Waals surface area contributed by atoms with Gasteiger partial charge in [-0.05, 0) is 58.7 Å². The van der Waals surface area contributed by atoms with Crippen LogP contribution < -0.4 is 5.32 Å². The summed E-state index contributed by atoms with van der Waals surface area (Å²) < 4.78 is 14.5. The van der Waals surface area contributed by atoms with Crippen molar-refractivity contribution in [3.05, 3.63) is 63.6 Å². The summed E-state index contributed by atoms with van der Waals surface area (Å²) >= 11 is 3.39. The molecule has 1 aromatic heterocycles. The van der Waals surface area contributed by atoms with Crippen molar-refractivity contribution >= 4 is 15.9 Å². The van der Waals surface area contributed by atoms with Crippen molar-refractivity contribution in [2.75, 3.05) is 7.05 Å². The van der Waals surface area contributed by atoms with Crippen molar-refractivity contribution in [3.8, 4) is 0 Å². The zero-order valence-electron chi connectivity index (χ0n) is 10.2. The molecule has 1 N–H and O–H groups in total. The van der Waals surface area contributed by atoms with E-state index < -0.39 is 0 Å². The van der Waals surface area contributed by atoms with Gasteiger partial charge < -0.3 is 5.32 Å². The molecule has 94 valence electrons. The van der Waals surface area contributed by atoms with Gasteiger partial charge >= 0.3 is 0 Å². The highest BCUT2D eigenvalue weighted by Gasteiger charge is 2.13. The molecule has 0 bridgehead atoms. The summed E-state index contributed by atoms with van der Waals surface area (Å²) in [6.07, 6.45) is 3.51. The van der Waals surface area contributed by atoms with Gasteiger partial charge in [0.2, 0.25) is 0 Å². The van der Waals surface area contributed by atoms with Gasteiger partial charge in [0.25, 0.3) is 0 Å². The molecule has 2 aromatic rings. The van der Waals surface area contributed by atoms with E-state index in [0.717, 1.165) is 15.6 Å². The summed E-state index contributed by atoms with van der Waals surface area (Å²) in [6, 6.07) is 7.20. The van der Waals surface area contributed by atoms with E-state index in [2.05, 4.69) is 26.2 Å². The minimum atomic E-state index is -0.185. The average molecular weight is 309 g/mol. The first kappa shape index (κ1) is 13.2. The van der Waals surface area contributed by atoms with E-state index in [4.69, 9.17) is 0 Å². The molecule has 0 aliphatic carbocycles. The van der Waals surface area contributed by atoms with Crippen molar-refractivity contribution < 1.29 is 4.39 Å². The summed E-state index contributed by atoms with van der Waals surface area (Å²) in [5.74, 6) is -0.185. The number of hydrogen-bond acceptors (Lipinski definition) is 2. The minimum absolute atomic E-state index is 0.0647. The molecule has 0 spiro atoms. The van der Waals surface area contributed by atoms with Gasteiger partial charge in [-0.25, -0.2) is 4.39 Å². The SMILES string of the molecule is CNC(c1cncc(Br)c1)c1ccc(C)c(F)c1. The molecule has 1 unspecified atom stereocenters. The van der Waals surface area contributed by atoms with Crippen LogP contribution in [-0.4, -0.2) is 12.0 Å². The third kappa shape index (κ3) is 2.76. The predicted octanol–water partition coefficient (Wildman–Crippen LogP) is 3.60. The highest BCUT2D eigenvalue weighted by atomic mass is 79.9. The molecule has 0 saturated carbocycles. The first-order chi connectivity index (χ1) is 8.61. The normalized spacial score (nSPS) is 12.4. The second-order valence-corrected chi connectivity index (χ2v) is 5.08. The number of aromatic nitrogens is 1. The summed E-state index contributed by atoms with van der Waals surface area (Å²) in [5, 5.41) is 3.18. The molecule has 0 saturated heterocycles. The maximum absolute atomic E-state index is 13.6. The van der Waals surface area contributed by atoms with Crippen molar-refractivity contribution in [2.45, 2.75) is 13.0 Å². The van der Waals surface area contributed by atoms with E-state index in [1.165, 1.54) is 0 Å². The average Bonchev–Trinajstić information content (AvgIpc) is 2.35. The Kier molecular flexibility index (Phi) is 4.09. The molecule has 2 rings (SSSR count). The molecule has 0 aliphatic heterocycles. The number of pyridine rings is 1. The van der Waals surface area contributed by atoms with Crippen molar-refractivity contribution in [1.29, 1.82) is 0 Å². The quantitative estimate of drug-likeness (QED) is 0.937. The minimum Gasteiger partial charge on any atom is -0.309 e. The molecule has 1 aromatic carbocycles. The van der Waals surface area contributed by atoms with E-state index in [-0.39, 0.29) is 11.9 Å². The van der Waals surface area contributed by atoms with Gasteiger partial charge in [0, 0.05) is 16.9 Å². The van der Waals surface area contributed by atoms with Gasteiger partial charge in [-0.1, -0.05) is 12.1 Å². The van der Waals surface area contributed by atoms with Gasteiger partial charge in [0.15, 0.2) is 0 Å². The summed E-state index contributed by atoms with van der Waals surface area (Å²) in [6.45, 7) is 1.76. The summed E-state index contributed by atoms with van der Waals surface area (Å²) in [5.41, 5.74) is 2.54. The fourth-order valence-corrected chi connectivity index (χ4v) is 2.28. The zero-order valence-corrected chi connectivity index (χ0v) is 11.8. The molecule has 0 amide bonds. The van der Waals surface area contributed by atoms with Crippen LogP contribution in [0.25, 0.3) is 0 Å². The first-order valence-corrected chi connectivity index (χ1v) is 6.45. The number of nitrogens with zero attached hydrogens (tertiary/aromatic N) is 1. The van der Waals surface area contributed by atoms with Gasteiger partial charge in [-0.3, -0.25) is 4.98 Å². The lowest BCUT2D eigenvalue weighted by atomic mass is 9.99.